The first-order chi connectivity index (χ1) is 12.9. The minimum atomic E-state index is -3.71. The highest BCUT2D eigenvalue weighted by Crippen LogP contribution is 2.41. The van der Waals surface area contributed by atoms with Crippen LogP contribution in [0.1, 0.15) is 25.7 Å². The number of fused-ring (bicyclic) bond motifs is 1. The molecule has 0 radical (unpaired) electrons. The average molecular weight is 394 g/mol. The molecule has 1 amide bonds. The molecule has 0 aromatic heterocycles. The summed E-state index contributed by atoms with van der Waals surface area (Å²) in [4.78, 5) is 24.6. The Balaban J connectivity index is 1.56. The van der Waals surface area contributed by atoms with Crippen LogP contribution in [0, 0.1) is 11.8 Å². The van der Waals surface area contributed by atoms with E-state index in [1.807, 2.05) is 0 Å². The van der Waals surface area contributed by atoms with Crippen LogP contribution in [0.15, 0.2) is 29.2 Å². The summed E-state index contributed by atoms with van der Waals surface area (Å²) in [5, 5.41) is 9.31. The number of aliphatic carboxylic acids is 1. The van der Waals surface area contributed by atoms with Crippen molar-refractivity contribution in [2.45, 2.75) is 36.6 Å². The fourth-order valence-electron chi connectivity index (χ4n) is 4.44. The summed E-state index contributed by atoms with van der Waals surface area (Å²) in [6.45, 7) is 1.18. The van der Waals surface area contributed by atoms with Crippen LogP contribution in [0.4, 0.5) is 10.5 Å². The zero-order valence-electron chi connectivity index (χ0n) is 14.8. The Morgan fingerprint density at radius 2 is 1.85 bits per heavy atom. The smallest absolute Gasteiger partial charge is 0.414 e. The molecule has 8 nitrogen and oxygen atoms in total. The van der Waals surface area contributed by atoms with E-state index in [4.69, 9.17) is 4.74 Å². The van der Waals surface area contributed by atoms with Crippen molar-refractivity contribution in [3.8, 4) is 0 Å². The molecule has 2 aliphatic heterocycles. The van der Waals surface area contributed by atoms with Gasteiger partial charge in [-0.2, -0.15) is 4.31 Å². The van der Waals surface area contributed by atoms with E-state index in [9.17, 15) is 23.1 Å². The Bertz CT molecular complexity index is 853. The van der Waals surface area contributed by atoms with Crippen molar-refractivity contribution in [3.63, 3.8) is 0 Å². The van der Waals surface area contributed by atoms with Gasteiger partial charge in [-0.3, -0.25) is 9.69 Å². The second-order valence-electron chi connectivity index (χ2n) is 7.34. The normalized spacial score (nSPS) is 28.8. The van der Waals surface area contributed by atoms with Crippen molar-refractivity contribution in [1.29, 1.82) is 0 Å². The van der Waals surface area contributed by atoms with Gasteiger partial charge in [0.05, 0.1) is 17.4 Å². The number of anilines is 1. The molecule has 3 atom stereocenters. The fraction of sp³-hybridized carbons (Fsp3) is 0.556. The predicted octanol–water partition coefficient (Wildman–Crippen LogP) is 1.91. The lowest BCUT2D eigenvalue weighted by Gasteiger charge is -2.34. The molecule has 1 aromatic carbocycles. The highest BCUT2D eigenvalue weighted by molar-refractivity contribution is 7.89. The maximum atomic E-state index is 13.1. The van der Waals surface area contributed by atoms with Crippen molar-refractivity contribution < 1.29 is 27.9 Å². The summed E-state index contributed by atoms with van der Waals surface area (Å²) in [5.41, 5.74) is 0.597. The highest BCUT2D eigenvalue weighted by Gasteiger charge is 2.45. The van der Waals surface area contributed by atoms with Gasteiger partial charge in [0.1, 0.15) is 6.61 Å². The number of benzene rings is 1. The van der Waals surface area contributed by atoms with E-state index in [-0.39, 0.29) is 16.9 Å². The number of nitrogens with zero attached hydrogens (tertiary/aromatic N) is 2. The van der Waals surface area contributed by atoms with Gasteiger partial charge in [0.15, 0.2) is 0 Å². The zero-order chi connectivity index (χ0) is 19.2. The van der Waals surface area contributed by atoms with E-state index in [2.05, 4.69) is 0 Å². The van der Waals surface area contributed by atoms with Gasteiger partial charge in [-0.1, -0.05) is 0 Å². The Hall–Kier alpha value is -2.13. The fourth-order valence-corrected chi connectivity index (χ4v) is 6.15. The summed E-state index contributed by atoms with van der Waals surface area (Å²) in [5.74, 6) is -1.10. The number of sulfonamides is 1. The van der Waals surface area contributed by atoms with Crippen molar-refractivity contribution in [2.24, 2.45) is 11.8 Å². The first-order valence-electron chi connectivity index (χ1n) is 9.17. The molecule has 3 unspecified atom stereocenters. The maximum absolute atomic E-state index is 13.1. The van der Waals surface area contributed by atoms with E-state index in [0.29, 0.717) is 38.2 Å². The van der Waals surface area contributed by atoms with Crippen molar-refractivity contribution in [1.82, 2.24) is 4.31 Å². The topological polar surface area (TPSA) is 104 Å². The van der Waals surface area contributed by atoms with Crippen LogP contribution in [0.5, 0.6) is 0 Å². The third-order valence-electron chi connectivity index (χ3n) is 5.91. The molecular weight excluding hydrogens is 372 g/mol. The Labute approximate surface area is 157 Å². The van der Waals surface area contributed by atoms with Crippen LogP contribution in [0.3, 0.4) is 0 Å². The molecule has 3 fully saturated rings. The van der Waals surface area contributed by atoms with Crippen LogP contribution in [0.25, 0.3) is 0 Å². The van der Waals surface area contributed by atoms with E-state index in [1.54, 1.807) is 12.1 Å². The number of carboxylic acid groups (broad SMARTS) is 1. The molecule has 146 valence electrons. The van der Waals surface area contributed by atoms with Gasteiger partial charge in [0, 0.05) is 18.3 Å². The molecule has 1 N–H and O–H groups in total. The number of carboxylic acids is 1. The highest BCUT2D eigenvalue weighted by atomic mass is 32.2. The average Bonchev–Trinajstić information content (AvgIpc) is 3.27. The zero-order valence-corrected chi connectivity index (χ0v) is 15.6. The third-order valence-corrected chi connectivity index (χ3v) is 7.85. The number of carbonyl (C=O) groups excluding carboxylic acids is 1. The molecule has 2 heterocycles. The minimum Gasteiger partial charge on any atom is -0.481 e. The lowest BCUT2D eigenvalue weighted by molar-refractivity contribution is -0.143. The standard InChI is InChI=1S/C18H22N2O6S/c21-17(22)13-2-1-12-7-8-20(16(12)11-13)27(24,25)15-5-3-14(4-6-15)19-9-10-26-18(19)23/h3-6,12-13,16H,1-2,7-11H2,(H,21,22). The van der Waals surface area contributed by atoms with E-state index in [0.717, 1.165) is 12.8 Å². The van der Waals surface area contributed by atoms with Crippen molar-refractivity contribution in [2.75, 3.05) is 24.6 Å². The molecule has 3 aliphatic rings. The van der Waals surface area contributed by atoms with E-state index in [1.165, 1.54) is 21.3 Å². The molecular formula is C18H22N2O6S. The maximum Gasteiger partial charge on any atom is 0.414 e. The SMILES string of the molecule is O=C(O)C1CCC2CCN(S(=O)(=O)c3ccc(N4CCOC4=O)cc3)C2C1. The van der Waals surface area contributed by atoms with Gasteiger partial charge in [-0.15, -0.1) is 0 Å². The van der Waals surface area contributed by atoms with Crippen LogP contribution < -0.4 is 4.90 Å². The summed E-state index contributed by atoms with van der Waals surface area (Å²) in [7, 11) is -3.71. The number of cyclic esters (lactones) is 1. The Morgan fingerprint density at radius 1 is 1.11 bits per heavy atom. The number of hydrogen-bond acceptors (Lipinski definition) is 5. The molecule has 4 rings (SSSR count). The number of amides is 1. The molecule has 1 aromatic rings. The van der Waals surface area contributed by atoms with Gasteiger partial charge < -0.3 is 9.84 Å². The Morgan fingerprint density at radius 3 is 2.48 bits per heavy atom. The van der Waals surface area contributed by atoms with Crippen LogP contribution in [-0.2, 0) is 19.6 Å². The number of carbonyl (C=O) groups is 2. The molecule has 27 heavy (non-hydrogen) atoms. The summed E-state index contributed by atoms with van der Waals surface area (Å²) in [6.07, 6.45) is 2.08. The predicted molar refractivity (Wildman–Crippen MR) is 95.9 cm³/mol. The van der Waals surface area contributed by atoms with Gasteiger partial charge in [-0.05, 0) is 55.9 Å². The van der Waals surface area contributed by atoms with Crippen molar-refractivity contribution >= 4 is 27.8 Å². The largest absolute Gasteiger partial charge is 0.481 e. The molecule has 9 heteroatoms. The van der Waals surface area contributed by atoms with Crippen LogP contribution >= 0.6 is 0 Å². The van der Waals surface area contributed by atoms with Gasteiger partial charge in [-0.25, -0.2) is 13.2 Å². The molecule has 1 saturated carbocycles. The minimum absolute atomic E-state index is 0.164. The second-order valence-corrected chi connectivity index (χ2v) is 9.23. The molecule has 2 saturated heterocycles. The van der Waals surface area contributed by atoms with Crippen LogP contribution in [0.2, 0.25) is 0 Å². The molecule has 1 aliphatic carbocycles. The van der Waals surface area contributed by atoms with E-state index >= 15 is 0 Å². The lowest BCUT2D eigenvalue weighted by Crippen LogP contribution is -2.42. The number of rotatable bonds is 4. The third kappa shape index (κ3) is 3.19. The Kier molecular flexibility index (Phi) is 4.59. The second kappa shape index (κ2) is 6.79. The summed E-state index contributed by atoms with van der Waals surface area (Å²) in [6, 6.07) is 5.96. The van der Waals surface area contributed by atoms with Crippen molar-refractivity contribution in [3.05, 3.63) is 24.3 Å². The first-order valence-corrected chi connectivity index (χ1v) is 10.6. The quantitative estimate of drug-likeness (QED) is 0.836. The van der Waals surface area contributed by atoms with E-state index < -0.39 is 28.0 Å². The monoisotopic (exact) mass is 394 g/mol. The number of hydrogen-bond donors (Lipinski definition) is 1. The summed E-state index contributed by atoms with van der Waals surface area (Å²) < 4.78 is 32.6. The molecule has 0 bridgehead atoms. The summed E-state index contributed by atoms with van der Waals surface area (Å²) >= 11 is 0. The lowest BCUT2D eigenvalue weighted by atomic mass is 9.79. The van der Waals surface area contributed by atoms with Gasteiger partial charge >= 0.3 is 12.1 Å². The molecule has 0 spiro atoms. The van der Waals surface area contributed by atoms with Gasteiger partial charge in [0.25, 0.3) is 0 Å². The number of ether oxygens (including phenoxy) is 1. The van der Waals surface area contributed by atoms with Gasteiger partial charge in [0.2, 0.25) is 10.0 Å². The van der Waals surface area contributed by atoms with Crippen LogP contribution in [-0.4, -0.2) is 55.6 Å². The first kappa shape index (κ1) is 18.2.